The molecular weight excluding hydrogens is 364 g/mol. The zero-order valence-corrected chi connectivity index (χ0v) is 16.6. The van der Waals surface area contributed by atoms with Crippen molar-refractivity contribution in [2.45, 2.75) is 20.4 Å². The van der Waals surface area contributed by atoms with E-state index in [0.29, 0.717) is 10.8 Å². The molecule has 0 aliphatic rings. The van der Waals surface area contributed by atoms with Crippen molar-refractivity contribution in [3.05, 3.63) is 81.8 Å². The molecule has 6 heteroatoms. The Bertz CT molecular complexity index is 1270. The van der Waals surface area contributed by atoms with Gasteiger partial charge in [0.25, 0.3) is 5.91 Å². The molecule has 2 aromatic carbocycles. The van der Waals surface area contributed by atoms with Crippen molar-refractivity contribution in [3.63, 3.8) is 0 Å². The van der Waals surface area contributed by atoms with Gasteiger partial charge in [0.1, 0.15) is 6.54 Å². The number of aromatic nitrogens is 2. The molecule has 146 valence electrons. The lowest BCUT2D eigenvalue weighted by Gasteiger charge is -2.14. The van der Waals surface area contributed by atoms with Gasteiger partial charge in [-0.25, -0.2) is 5.43 Å². The van der Waals surface area contributed by atoms with Crippen molar-refractivity contribution in [3.8, 4) is 0 Å². The molecule has 0 radical (unpaired) electrons. The van der Waals surface area contributed by atoms with E-state index in [2.05, 4.69) is 15.1 Å². The van der Waals surface area contributed by atoms with Crippen molar-refractivity contribution in [1.82, 2.24) is 14.6 Å². The van der Waals surface area contributed by atoms with Crippen LogP contribution < -0.4 is 10.9 Å². The topological polar surface area (TPSA) is 68.4 Å². The van der Waals surface area contributed by atoms with E-state index in [4.69, 9.17) is 0 Å². The van der Waals surface area contributed by atoms with Crippen molar-refractivity contribution in [2.75, 3.05) is 0 Å². The number of nitrogens with zero attached hydrogens (tertiary/aromatic N) is 3. The Labute approximate surface area is 168 Å². The lowest BCUT2D eigenvalue weighted by atomic mass is 10.1. The minimum Gasteiger partial charge on any atom is -0.352 e. The molecule has 1 amide bonds. The summed E-state index contributed by atoms with van der Waals surface area (Å²) in [6.45, 7) is 4.09. The normalized spacial score (nSPS) is 11.6. The second-order valence-electron chi connectivity index (χ2n) is 7.13. The SMILES string of the molecule is Cc1cc(C=NNC(=O)Cn2c3ccccc3c(=O)c3ccccc32)c(C)n1C. The van der Waals surface area contributed by atoms with Gasteiger partial charge in [0.15, 0.2) is 5.43 Å². The molecule has 29 heavy (non-hydrogen) atoms. The molecule has 0 bridgehead atoms. The van der Waals surface area contributed by atoms with Crippen LogP contribution in [0.1, 0.15) is 17.0 Å². The largest absolute Gasteiger partial charge is 0.352 e. The summed E-state index contributed by atoms with van der Waals surface area (Å²) in [6, 6.07) is 16.7. The van der Waals surface area contributed by atoms with Gasteiger partial charge in [-0.2, -0.15) is 5.10 Å². The smallest absolute Gasteiger partial charge is 0.260 e. The van der Waals surface area contributed by atoms with Crippen LogP contribution in [0.3, 0.4) is 0 Å². The van der Waals surface area contributed by atoms with E-state index in [9.17, 15) is 9.59 Å². The number of nitrogens with one attached hydrogen (secondary N) is 1. The first-order valence-electron chi connectivity index (χ1n) is 9.42. The summed E-state index contributed by atoms with van der Waals surface area (Å²) in [4.78, 5) is 25.4. The third kappa shape index (κ3) is 3.33. The summed E-state index contributed by atoms with van der Waals surface area (Å²) in [7, 11) is 1.99. The Balaban J connectivity index is 1.65. The van der Waals surface area contributed by atoms with E-state index >= 15 is 0 Å². The fraction of sp³-hybridized carbons (Fsp3) is 0.174. The minimum atomic E-state index is -0.259. The van der Waals surface area contributed by atoms with Crippen LogP contribution in [0.5, 0.6) is 0 Å². The number of carbonyl (C=O) groups excluding carboxylic acids is 1. The molecule has 0 fully saturated rings. The van der Waals surface area contributed by atoms with Gasteiger partial charge >= 0.3 is 0 Å². The molecule has 0 atom stereocenters. The maximum Gasteiger partial charge on any atom is 0.260 e. The van der Waals surface area contributed by atoms with Crippen molar-refractivity contribution in [2.24, 2.45) is 12.1 Å². The van der Waals surface area contributed by atoms with Gasteiger partial charge in [-0.15, -0.1) is 0 Å². The minimum absolute atomic E-state index is 0.0270. The third-order valence-electron chi connectivity index (χ3n) is 5.39. The zero-order valence-electron chi connectivity index (χ0n) is 16.6. The molecule has 4 aromatic rings. The fourth-order valence-corrected chi connectivity index (χ4v) is 3.62. The van der Waals surface area contributed by atoms with E-state index in [1.165, 1.54) is 0 Å². The number of carbonyl (C=O) groups is 1. The Kier molecular flexibility index (Phi) is 4.76. The molecule has 2 aromatic heterocycles. The van der Waals surface area contributed by atoms with E-state index in [-0.39, 0.29) is 17.9 Å². The van der Waals surface area contributed by atoms with Gasteiger partial charge in [0.2, 0.25) is 0 Å². The fourth-order valence-electron chi connectivity index (χ4n) is 3.62. The average Bonchev–Trinajstić information content (AvgIpc) is 2.98. The van der Waals surface area contributed by atoms with Crippen LogP contribution in [0.2, 0.25) is 0 Å². The Morgan fingerprint density at radius 3 is 2.17 bits per heavy atom. The van der Waals surface area contributed by atoms with Crippen LogP contribution >= 0.6 is 0 Å². The summed E-state index contributed by atoms with van der Waals surface area (Å²) >= 11 is 0. The zero-order chi connectivity index (χ0) is 20.5. The first-order valence-corrected chi connectivity index (χ1v) is 9.42. The predicted molar refractivity (Wildman–Crippen MR) is 116 cm³/mol. The number of amides is 1. The highest BCUT2D eigenvalue weighted by Crippen LogP contribution is 2.19. The standard InChI is InChI=1S/C23H22N4O2/c1-15-12-17(16(2)26(15)3)13-24-25-22(28)14-27-20-10-6-4-8-18(20)23(29)19-9-5-7-11-21(19)27/h4-13H,14H2,1-3H3,(H,25,28). The number of hydrogen-bond acceptors (Lipinski definition) is 3. The second-order valence-corrected chi connectivity index (χ2v) is 7.13. The van der Waals surface area contributed by atoms with Crippen molar-refractivity contribution in [1.29, 1.82) is 0 Å². The Hall–Kier alpha value is -3.67. The van der Waals surface area contributed by atoms with Crippen LogP contribution in [0.15, 0.2) is 64.5 Å². The number of hydrazone groups is 1. The van der Waals surface area contributed by atoms with Crippen LogP contribution in [-0.2, 0) is 18.4 Å². The third-order valence-corrected chi connectivity index (χ3v) is 5.39. The quantitative estimate of drug-likeness (QED) is 0.332. The molecule has 0 aliphatic heterocycles. The maximum absolute atomic E-state index is 12.8. The molecule has 0 aliphatic carbocycles. The van der Waals surface area contributed by atoms with Crippen molar-refractivity contribution < 1.29 is 4.79 Å². The molecule has 2 heterocycles. The summed E-state index contributed by atoms with van der Waals surface area (Å²) in [5, 5.41) is 5.31. The molecule has 0 saturated carbocycles. The number of pyridine rings is 1. The number of rotatable bonds is 4. The highest BCUT2D eigenvalue weighted by Gasteiger charge is 2.12. The van der Waals surface area contributed by atoms with Gasteiger partial charge < -0.3 is 9.13 Å². The van der Waals surface area contributed by atoms with E-state index in [0.717, 1.165) is 28.0 Å². The van der Waals surface area contributed by atoms with E-state index in [1.807, 2.05) is 67.9 Å². The van der Waals surface area contributed by atoms with Crippen LogP contribution in [0.4, 0.5) is 0 Å². The number of para-hydroxylation sites is 2. The maximum atomic E-state index is 12.8. The summed E-state index contributed by atoms with van der Waals surface area (Å²) in [6.07, 6.45) is 1.65. The number of benzene rings is 2. The average molecular weight is 386 g/mol. The van der Waals surface area contributed by atoms with Crippen LogP contribution in [-0.4, -0.2) is 21.3 Å². The Morgan fingerprint density at radius 2 is 1.62 bits per heavy atom. The molecule has 1 N–H and O–H groups in total. The lowest BCUT2D eigenvalue weighted by molar-refractivity contribution is -0.121. The first kappa shape index (κ1) is 18.7. The van der Waals surface area contributed by atoms with Gasteiger partial charge in [-0.3, -0.25) is 9.59 Å². The van der Waals surface area contributed by atoms with Gasteiger partial charge in [0, 0.05) is 34.8 Å². The molecule has 6 nitrogen and oxygen atoms in total. The summed E-state index contributed by atoms with van der Waals surface area (Å²) in [5.41, 5.74) is 7.20. The predicted octanol–water partition coefficient (Wildman–Crippen LogP) is 3.26. The van der Waals surface area contributed by atoms with Gasteiger partial charge in [-0.05, 0) is 44.2 Å². The molecule has 4 rings (SSSR count). The number of aryl methyl sites for hydroxylation is 1. The lowest BCUT2D eigenvalue weighted by Crippen LogP contribution is -2.25. The van der Waals surface area contributed by atoms with E-state index < -0.39 is 0 Å². The van der Waals surface area contributed by atoms with Crippen LogP contribution in [0, 0.1) is 13.8 Å². The monoisotopic (exact) mass is 386 g/mol. The highest BCUT2D eigenvalue weighted by atomic mass is 16.2. The molecule has 0 saturated heterocycles. The summed E-state index contributed by atoms with van der Waals surface area (Å²) < 4.78 is 3.93. The van der Waals surface area contributed by atoms with E-state index in [1.54, 1.807) is 18.3 Å². The highest BCUT2D eigenvalue weighted by molar-refractivity contribution is 5.95. The summed E-state index contributed by atoms with van der Waals surface area (Å²) in [5.74, 6) is -0.259. The molecular formula is C23H22N4O2. The second kappa shape index (κ2) is 7.39. The Morgan fingerprint density at radius 1 is 1.03 bits per heavy atom. The van der Waals surface area contributed by atoms with Crippen molar-refractivity contribution >= 4 is 33.9 Å². The number of hydrogen-bond donors (Lipinski definition) is 1. The first-order chi connectivity index (χ1) is 14.0. The van der Waals surface area contributed by atoms with Crippen LogP contribution in [0.25, 0.3) is 21.8 Å². The molecule has 0 unspecified atom stereocenters. The van der Waals surface area contributed by atoms with Gasteiger partial charge in [0.05, 0.1) is 17.2 Å². The number of fused-ring (bicyclic) bond motifs is 2. The van der Waals surface area contributed by atoms with Gasteiger partial charge in [-0.1, -0.05) is 24.3 Å². The molecule has 0 spiro atoms.